The largest absolute Gasteiger partial charge is 0.490 e. The Morgan fingerprint density at radius 1 is 1.07 bits per heavy atom. The van der Waals surface area contributed by atoms with Crippen LogP contribution in [0.15, 0.2) is 18.2 Å². The molecule has 0 aliphatic carbocycles. The number of ether oxygens (including phenoxy) is 4. The van der Waals surface area contributed by atoms with Crippen LogP contribution in [0, 0.1) is 13.8 Å². The number of aromatic amines is 1. The molecule has 1 aliphatic rings. The van der Waals surface area contributed by atoms with Gasteiger partial charge in [-0.1, -0.05) is 0 Å². The number of rotatable bonds is 6. The molecule has 3 rings (SSSR count). The van der Waals surface area contributed by atoms with E-state index in [1.165, 1.54) is 0 Å². The second kappa shape index (κ2) is 9.02. The van der Waals surface area contributed by atoms with Crippen LogP contribution in [0.2, 0.25) is 0 Å². The van der Waals surface area contributed by atoms with Gasteiger partial charge in [0.15, 0.2) is 23.9 Å². The SMILES string of the molecule is Cc1[nH]c(C(=O)OCC(=O)c2ccc3c(c2)OCCCO3)c(C)c1C(=O)OC(C)C. The summed E-state index contributed by atoms with van der Waals surface area (Å²) in [6.45, 7) is 7.41. The van der Waals surface area contributed by atoms with Crippen LogP contribution in [-0.4, -0.2) is 48.6 Å². The molecule has 0 spiro atoms. The Bertz CT molecular complexity index is 974. The molecule has 30 heavy (non-hydrogen) atoms. The van der Waals surface area contributed by atoms with Gasteiger partial charge in [-0.05, 0) is 51.5 Å². The predicted octanol–water partition coefficient (Wildman–Crippen LogP) is 3.40. The predicted molar refractivity (Wildman–Crippen MR) is 107 cm³/mol. The molecule has 8 nitrogen and oxygen atoms in total. The van der Waals surface area contributed by atoms with E-state index in [1.54, 1.807) is 45.9 Å². The van der Waals surface area contributed by atoms with Crippen LogP contribution in [0.4, 0.5) is 0 Å². The van der Waals surface area contributed by atoms with Crippen molar-refractivity contribution >= 4 is 17.7 Å². The van der Waals surface area contributed by atoms with Crippen molar-refractivity contribution in [3.63, 3.8) is 0 Å². The first-order chi connectivity index (χ1) is 14.3. The minimum Gasteiger partial charge on any atom is -0.490 e. The molecule has 0 saturated carbocycles. The van der Waals surface area contributed by atoms with E-state index < -0.39 is 18.5 Å². The maximum atomic E-state index is 12.5. The summed E-state index contributed by atoms with van der Waals surface area (Å²) in [5.41, 5.74) is 1.69. The number of hydrogen-bond acceptors (Lipinski definition) is 7. The molecular weight excluding hydrogens is 390 g/mol. The Balaban J connectivity index is 1.68. The summed E-state index contributed by atoms with van der Waals surface area (Å²) in [7, 11) is 0. The first-order valence-electron chi connectivity index (χ1n) is 9.78. The highest BCUT2D eigenvalue weighted by molar-refractivity contribution is 6.01. The van der Waals surface area contributed by atoms with E-state index in [4.69, 9.17) is 18.9 Å². The zero-order valence-electron chi connectivity index (χ0n) is 17.5. The van der Waals surface area contributed by atoms with E-state index in [2.05, 4.69) is 4.98 Å². The molecule has 1 aromatic carbocycles. The Kier molecular flexibility index (Phi) is 6.44. The normalized spacial score (nSPS) is 13.0. The molecular formula is C22H25NO7. The number of aromatic nitrogens is 1. The van der Waals surface area contributed by atoms with Crippen LogP contribution in [0.3, 0.4) is 0 Å². The summed E-state index contributed by atoms with van der Waals surface area (Å²) in [6, 6.07) is 4.86. The molecule has 2 aromatic rings. The van der Waals surface area contributed by atoms with Gasteiger partial charge in [0.2, 0.25) is 0 Å². The van der Waals surface area contributed by atoms with Gasteiger partial charge in [-0.3, -0.25) is 4.79 Å². The fourth-order valence-electron chi connectivity index (χ4n) is 3.16. The molecule has 1 aromatic heterocycles. The van der Waals surface area contributed by atoms with Crippen molar-refractivity contribution in [2.45, 2.75) is 40.2 Å². The monoisotopic (exact) mass is 415 g/mol. The number of benzene rings is 1. The fourth-order valence-corrected chi connectivity index (χ4v) is 3.16. The van der Waals surface area contributed by atoms with Crippen molar-refractivity contribution in [2.75, 3.05) is 19.8 Å². The molecule has 160 valence electrons. The first kappa shape index (κ1) is 21.4. The molecule has 1 aliphatic heterocycles. The summed E-state index contributed by atoms with van der Waals surface area (Å²) in [6.07, 6.45) is 0.478. The molecule has 0 amide bonds. The lowest BCUT2D eigenvalue weighted by Gasteiger charge is -2.09. The van der Waals surface area contributed by atoms with Crippen LogP contribution in [0.5, 0.6) is 11.5 Å². The summed E-state index contributed by atoms with van der Waals surface area (Å²) >= 11 is 0. The Hall–Kier alpha value is -3.29. The van der Waals surface area contributed by atoms with Crippen LogP contribution < -0.4 is 9.47 Å². The number of carbonyl (C=O) groups is 3. The standard InChI is InChI=1S/C22H25NO7/c1-12(2)30-21(25)19-13(3)20(23-14(19)4)22(26)29-11-16(24)15-6-7-17-18(10-15)28-9-5-8-27-17/h6-7,10,12,23H,5,8-9,11H2,1-4H3. The second-order valence-corrected chi connectivity index (χ2v) is 7.29. The number of nitrogens with one attached hydrogen (secondary N) is 1. The van der Waals surface area contributed by atoms with E-state index in [9.17, 15) is 14.4 Å². The topological polar surface area (TPSA) is 104 Å². The van der Waals surface area contributed by atoms with Gasteiger partial charge in [0, 0.05) is 17.7 Å². The van der Waals surface area contributed by atoms with Gasteiger partial charge in [0.05, 0.1) is 24.9 Å². The van der Waals surface area contributed by atoms with Crippen molar-refractivity contribution in [3.8, 4) is 11.5 Å². The third-order valence-electron chi connectivity index (χ3n) is 4.59. The smallest absolute Gasteiger partial charge is 0.355 e. The number of fused-ring (bicyclic) bond motifs is 1. The lowest BCUT2D eigenvalue weighted by atomic mass is 10.1. The Morgan fingerprint density at radius 2 is 1.77 bits per heavy atom. The quantitative estimate of drug-likeness (QED) is 0.570. The number of esters is 2. The summed E-state index contributed by atoms with van der Waals surface area (Å²) in [4.78, 5) is 40.1. The van der Waals surface area contributed by atoms with E-state index in [0.29, 0.717) is 47.1 Å². The Morgan fingerprint density at radius 3 is 2.47 bits per heavy atom. The van der Waals surface area contributed by atoms with Gasteiger partial charge >= 0.3 is 11.9 Å². The van der Waals surface area contributed by atoms with E-state index in [0.717, 1.165) is 6.42 Å². The van der Waals surface area contributed by atoms with Gasteiger partial charge in [0.25, 0.3) is 0 Å². The van der Waals surface area contributed by atoms with E-state index in [1.807, 2.05) is 0 Å². The highest BCUT2D eigenvalue weighted by Crippen LogP contribution is 2.30. The number of hydrogen-bond donors (Lipinski definition) is 1. The third kappa shape index (κ3) is 4.64. The van der Waals surface area contributed by atoms with Crippen molar-refractivity contribution in [2.24, 2.45) is 0 Å². The molecule has 0 atom stereocenters. The molecule has 2 heterocycles. The van der Waals surface area contributed by atoms with Crippen LogP contribution in [-0.2, 0) is 9.47 Å². The molecule has 0 radical (unpaired) electrons. The summed E-state index contributed by atoms with van der Waals surface area (Å²) in [5, 5.41) is 0. The van der Waals surface area contributed by atoms with E-state index >= 15 is 0 Å². The maximum Gasteiger partial charge on any atom is 0.355 e. The number of aryl methyl sites for hydroxylation is 1. The summed E-state index contributed by atoms with van der Waals surface area (Å²) < 4.78 is 21.5. The molecule has 0 fully saturated rings. The van der Waals surface area contributed by atoms with Gasteiger partial charge in [0.1, 0.15) is 5.69 Å². The van der Waals surface area contributed by atoms with Crippen LogP contribution in [0.25, 0.3) is 0 Å². The minimum atomic E-state index is -0.720. The number of Topliss-reactive ketones (excluding diaryl/α,β-unsaturated/α-hetero) is 1. The first-order valence-corrected chi connectivity index (χ1v) is 9.78. The maximum absolute atomic E-state index is 12.5. The fraction of sp³-hybridized carbons (Fsp3) is 0.409. The van der Waals surface area contributed by atoms with Gasteiger partial charge in [-0.15, -0.1) is 0 Å². The number of carbonyl (C=O) groups excluding carboxylic acids is 3. The van der Waals surface area contributed by atoms with Gasteiger partial charge in [-0.2, -0.15) is 0 Å². The van der Waals surface area contributed by atoms with Gasteiger partial charge < -0.3 is 23.9 Å². The molecule has 1 N–H and O–H groups in total. The highest BCUT2D eigenvalue weighted by atomic mass is 16.5. The molecule has 0 bridgehead atoms. The zero-order valence-corrected chi connectivity index (χ0v) is 17.5. The van der Waals surface area contributed by atoms with Crippen LogP contribution in [0.1, 0.15) is 62.7 Å². The van der Waals surface area contributed by atoms with Crippen molar-refractivity contribution in [1.29, 1.82) is 0 Å². The van der Waals surface area contributed by atoms with Crippen molar-refractivity contribution in [1.82, 2.24) is 4.98 Å². The van der Waals surface area contributed by atoms with E-state index in [-0.39, 0.29) is 17.6 Å². The lowest BCUT2D eigenvalue weighted by Crippen LogP contribution is -2.16. The average Bonchev–Trinajstić information content (AvgIpc) is 2.86. The van der Waals surface area contributed by atoms with Crippen molar-refractivity contribution < 1.29 is 33.3 Å². The summed E-state index contributed by atoms with van der Waals surface area (Å²) in [5.74, 6) is -0.534. The number of H-pyrrole nitrogens is 1. The highest BCUT2D eigenvalue weighted by Gasteiger charge is 2.25. The minimum absolute atomic E-state index is 0.120. The number of ketones is 1. The molecule has 0 saturated heterocycles. The van der Waals surface area contributed by atoms with Crippen LogP contribution >= 0.6 is 0 Å². The lowest BCUT2D eigenvalue weighted by molar-refractivity contribution is 0.0376. The molecule has 8 heteroatoms. The Labute approximate surface area is 174 Å². The third-order valence-corrected chi connectivity index (χ3v) is 4.59. The van der Waals surface area contributed by atoms with Crippen molar-refractivity contribution in [3.05, 3.63) is 46.3 Å². The average molecular weight is 415 g/mol. The van der Waals surface area contributed by atoms with Gasteiger partial charge in [-0.25, -0.2) is 9.59 Å². The second-order valence-electron chi connectivity index (χ2n) is 7.29. The molecule has 0 unspecified atom stereocenters. The zero-order chi connectivity index (χ0) is 21.8.